The summed E-state index contributed by atoms with van der Waals surface area (Å²) in [5.41, 5.74) is 3.76. The predicted molar refractivity (Wildman–Crippen MR) is 177 cm³/mol. The van der Waals surface area contributed by atoms with Crippen molar-refractivity contribution >= 4 is 27.7 Å². The van der Waals surface area contributed by atoms with E-state index in [1.807, 2.05) is 19.1 Å². The van der Waals surface area contributed by atoms with Gasteiger partial charge in [-0.3, -0.25) is 4.79 Å². The van der Waals surface area contributed by atoms with E-state index < -0.39 is 38.9 Å². The normalized spacial score (nSPS) is 22.1. The van der Waals surface area contributed by atoms with Crippen LogP contribution in [0.3, 0.4) is 0 Å². The minimum Gasteiger partial charge on any atom is -0.493 e. The van der Waals surface area contributed by atoms with Crippen LogP contribution in [-0.2, 0) is 31.0 Å². The quantitative estimate of drug-likeness (QED) is 0.108. The van der Waals surface area contributed by atoms with Crippen molar-refractivity contribution in [3.63, 3.8) is 0 Å². The van der Waals surface area contributed by atoms with Crippen LogP contribution in [0.4, 0.5) is 0 Å². The summed E-state index contributed by atoms with van der Waals surface area (Å²) in [6, 6.07) is 20.2. The van der Waals surface area contributed by atoms with E-state index in [0.717, 1.165) is 16.7 Å². The van der Waals surface area contributed by atoms with Gasteiger partial charge in [-0.05, 0) is 77.7 Å². The third-order valence-electron chi connectivity index (χ3n) is 9.12. The molecule has 0 bridgehead atoms. The molecule has 2 heterocycles. The van der Waals surface area contributed by atoms with Gasteiger partial charge in [0.1, 0.15) is 10.6 Å². The van der Waals surface area contributed by atoms with Gasteiger partial charge in [-0.15, -0.1) is 11.6 Å². The average Bonchev–Trinajstić information content (AvgIpc) is 3.68. The van der Waals surface area contributed by atoms with Gasteiger partial charge in [0.25, 0.3) is 0 Å². The number of cyclic esters (lactones) is 1. The Morgan fingerprint density at radius 1 is 0.837 bits per heavy atom. The number of hydrogen-bond donors (Lipinski definition) is 0. The Hall–Kier alpha value is -4.65. The van der Waals surface area contributed by atoms with Crippen LogP contribution in [0, 0.1) is 12.8 Å². The second-order valence-electron chi connectivity index (χ2n) is 11.9. The minimum absolute atomic E-state index is 0.0193. The molecule has 11 nitrogen and oxygen atoms in total. The van der Waals surface area contributed by atoms with Gasteiger partial charge in [-0.1, -0.05) is 29.8 Å². The molecule has 13 heteroatoms. The molecule has 3 aliphatic rings. The summed E-state index contributed by atoms with van der Waals surface area (Å²) in [5.74, 6) is 0.499. The van der Waals surface area contributed by atoms with Gasteiger partial charge in [0.15, 0.2) is 27.9 Å². The largest absolute Gasteiger partial charge is 0.493 e. The molecule has 4 atom stereocenters. The Kier molecular flexibility index (Phi) is 8.50. The van der Waals surface area contributed by atoms with Crippen molar-refractivity contribution < 1.29 is 50.6 Å². The molecule has 0 amide bonds. The molecule has 2 aliphatic heterocycles. The van der Waals surface area contributed by atoms with Gasteiger partial charge >= 0.3 is 16.1 Å². The first kappa shape index (κ1) is 32.9. The minimum atomic E-state index is -4.01. The molecule has 4 aromatic carbocycles. The van der Waals surface area contributed by atoms with Gasteiger partial charge in [-0.2, -0.15) is 8.42 Å². The molecular formula is C36H33ClO11S. The molecule has 1 saturated heterocycles. The van der Waals surface area contributed by atoms with Crippen LogP contribution in [-0.4, -0.2) is 54.0 Å². The van der Waals surface area contributed by atoms with Crippen molar-refractivity contribution in [2.24, 2.45) is 5.92 Å². The highest BCUT2D eigenvalue weighted by atomic mass is 35.5. The summed E-state index contributed by atoms with van der Waals surface area (Å²) >= 11 is 7.47. The third-order valence-corrected chi connectivity index (χ3v) is 11.0. The maximum Gasteiger partial charge on any atom is 0.339 e. The number of carbonyl (C=O) groups excluding carboxylic acids is 1. The van der Waals surface area contributed by atoms with Crippen LogP contribution in [0.1, 0.15) is 39.8 Å². The molecule has 7 rings (SSSR count). The number of carbonyl (C=O) groups is 1. The highest BCUT2D eigenvalue weighted by Crippen LogP contribution is 2.61. The van der Waals surface area contributed by atoms with Crippen LogP contribution in [0.2, 0.25) is 0 Å². The predicted octanol–water partition coefficient (Wildman–Crippen LogP) is 6.07. The molecule has 4 aromatic rings. The number of hydrogen-bond acceptors (Lipinski definition) is 11. The molecule has 0 spiro atoms. The van der Waals surface area contributed by atoms with Crippen LogP contribution >= 0.6 is 11.6 Å². The molecule has 256 valence electrons. The van der Waals surface area contributed by atoms with E-state index in [2.05, 4.69) is 0 Å². The van der Waals surface area contributed by atoms with Crippen molar-refractivity contribution in [1.29, 1.82) is 0 Å². The van der Waals surface area contributed by atoms with Gasteiger partial charge in [0.05, 0.1) is 46.6 Å². The molecule has 0 radical (unpaired) electrons. The second kappa shape index (κ2) is 12.7. The summed E-state index contributed by atoms with van der Waals surface area (Å²) in [6.07, 6.45) is -0.690. The molecule has 1 fully saturated rings. The van der Waals surface area contributed by atoms with Crippen molar-refractivity contribution in [2.75, 3.05) is 34.7 Å². The summed E-state index contributed by atoms with van der Waals surface area (Å²) in [6.45, 7) is 2.04. The number of esters is 1. The molecule has 1 aliphatic carbocycles. The van der Waals surface area contributed by atoms with Crippen LogP contribution in [0.25, 0.3) is 0 Å². The first-order chi connectivity index (χ1) is 23.6. The van der Waals surface area contributed by atoms with Crippen molar-refractivity contribution in [3.8, 4) is 34.5 Å². The Labute approximate surface area is 288 Å². The van der Waals surface area contributed by atoms with E-state index in [1.54, 1.807) is 48.5 Å². The Morgan fingerprint density at radius 3 is 2.08 bits per heavy atom. The average molecular weight is 709 g/mol. The van der Waals surface area contributed by atoms with Crippen LogP contribution < -0.4 is 27.9 Å². The number of methoxy groups -OCH3 is 3. The van der Waals surface area contributed by atoms with Crippen LogP contribution in [0.5, 0.6) is 34.5 Å². The monoisotopic (exact) mass is 708 g/mol. The van der Waals surface area contributed by atoms with E-state index >= 15 is 0 Å². The first-order valence-electron chi connectivity index (χ1n) is 15.4. The van der Waals surface area contributed by atoms with E-state index in [-0.39, 0.29) is 30.7 Å². The lowest BCUT2D eigenvalue weighted by Gasteiger charge is -2.43. The number of aryl methyl sites for hydroxylation is 1. The Balaban J connectivity index is 1.23. The number of halogens is 1. The van der Waals surface area contributed by atoms with Crippen molar-refractivity contribution in [3.05, 3.63) is 101 Å². The van der Waals surface area contributed by atoms with Crippen molar-refractivity contribution in [2.45, 2.75) is 35.3 Å². The van der Waals surface area contributed by atoms with E-state index in [4.69, 9.17) is 48.9 Å². The van der Waals surface area contributed by atoms with E-state index in [9.17, 15) is 13.2 Å². The number of rotatable bonds is 10. The lowest BCUT2D eigenvalue weighted by atomic mass is 9.65. The second-order valence-corrected chi connectivity index (χ2v) is 14.1. The SMILES string of the molecule is COc1cc([C@@H]2c3cc4c(cc3[C@H](OCc3ccc(OS(=O)(=O)c5ccc(C)cc5)cc3)[C@H]3COC(=O)[C@]23Cl)OCO4)cc(OC)c1OC. The van der Waals surface area contributed by atoms with E-state index in [1.165, 1.54) is 33.5 Å². The third kappa shape index (κ3) is 5.67. The Morgan fingerprint density at radius 2 is 1.47 bits per heavy atom. The zero-order valence-electron chi connectivity index (χ0n) is 27.1. The number of alkyl halides is 1. The maximum atomic E-state index is 13.7. The van der Waals surface area contributed by atoms with Crippen LogP contribution in [0.15, 0.2) is 77.7 Å². The highest BCUT2D eigenvalue weighted by Gasteiger charge is 2.64. The smallest absolute Gasteiger partial charge is 0.339 e. The molecule has 0 aromatic heterocycles. The standard InChI is InChI=1S/C36H33ClO11S/c1-20-5-11-24(12-6-20)49(39,40)48-23-9-7-21(8-10-23)17-44-33-26-16-29-28(46-19-47-29)15-25(26)32(36(37)27(33)18-45-35(36)38)22-13-30(41-2)34(43-4)31(14-22)42-3/h5-16,27,32-33H,17-19H2,1-4H3/t27-,32-,33+,36-/m1/s1. The van der Waals surface area contributed by atoms with Gasteiger partial charge in [-0.25, -0.2) is 0 Å². The lowest BCUT2D eigenvalue weighted by Crippen LogP contribution is -2.48. The van der Waals surface area contributed by atoms with Gasteiger partial charge in [0.2, 0.25) is 12.5 Å². The maximum absolute atomic E-state index is 13.7. The number of benzene rings is 4. The fourth-order valence-electron chi connectivity index (χ4n) is 6.70. The first-order valence-corrected chi connectivity index (χ1v) is 17.2. The fraction of sp³-hybridized carbons (Fsp3) is 0.306. The lowest BCUT2D eigenvalue weighted by molar-refractivity contribution is -0.140. The number of ether oxygens (including phenoxy) is 7. The summed E-state index contributed by atoms with van der Waals surface area (Å²) in [7, 11) is 0.536. The zero-order chi connectivity index (χ0) is 34.5. The molecular weight excluding hydrogens is 676 g/mol. The van der Waals surface area contributed by atoms with Crippen molar-refractivity contribution in [1.82, 2.24) is 0 Å². The number of fused-ring (bicyclic) bond motifs is 3. The summed E-state index contributed by atoms with van der Waals surface area (Å²) in [5, 5.41) is 0. The molecule has 0 unspecified atom stereocenters. The fourth-order valence-corrected chi connectivity index (χ4v) is 8.11. The summed E-state index contributed by atoms with van der Waals surface area (Å²) < 4.78 is 71.5. The molecule has 0 saturated carbocycles. The van der Waals surface area contributed by atoms with E-state index in [0.29, 0.717) is 39.9 Å². The zero-order valence-corrected chi connectivity index (χ0v) is 28.6. The van der Waals surface area contributed by atoms with Gasteiger partial charge < -0.3 is 37.3 Å². The molecule has 0 N–H and O–H groups in total. The molecule has 49 heavy (non-hydrogen) atoms. The highest BCUT2D eigenvalue weighted by molar-refractivity contribution is 7.87. The Bertz CT molecular complexity index is 1990. The van der Waals surface area contributed by atoms with Gasteiger partial charge in [0, 0.05) is 5.92 Å². The topological polar surface area (TPSA) is 125 Å². The summed E-state index contributed by atoms with van der Waals surface area (Å²) in [4.78, 5) is 12.2.